The van der Waals surface area contributed by atoms with E-state index in [-0.39, 0.29) is 35.7 Å². The molecule has 7 rings (SSSR count). The second kappa shape index (κ2) is 17.1. The summed E-state index contributed by atoms with van der Waals surface area (Å²) in [6.45, 7) is 8.78. The van der Waals surface area contributed by atoms with Crippen molar-refractivity contribution < 1.29 is 28.7 Å². The summed E-state index contributed by atoms with van der Waals surface area (Å²) >= 11 is 0. The van der Waals surface area contributed by atoms with Gasteiger partial charge in [-0.15, -0.1) is 0 Å². The zero-order valence-corrected chi connectivity index (χ0v) is 33.7. The number of allylic oxidation sites excluding steroid dienone is 1. The third kappa shape index (κ3) is 8.27. The van der Waals surface area contributed by atoms with E-state index in [9.17, 15) is 19.2 Å². The Kier molecular flexibility index (Phi) is 11.8. The summed E-state index contributed by atoms with van der Waals surface area (Å²) in [6, 6.07) is 8.00. The van der Waals surface area contributed by atoms with Crippen LogP contribution in [0, 0.1) is 11.8 Å². The number of pyridine rings is 1. The first-order valence-electron chi connectivity index (χ1n) is 19.8. The van der Waals surface area contributed by atoms with Crippen LogP contribution in [0.2, 0.25) is 0 Å². The van der Waals surface area contributed by atoms with Crippen molar-refractivity contribution >= 4 is 46.3 Å². The van der Waals surface area contributed by atoms with Crippen LogP contribution in [0.5, 0.6) is 0 Å². The minimum Gasteiger partial charge on any atom is -0.453 e. The normalized spacial score (nSPS) is 19.0. The van der Waals surface area contributed by atoms with Gasteiger partial charge in [-0.3, -0.25) is 24.5 Å². The fourth-order valence-electron chi connectivity index (χ4n) is 7.97. The highest BCUT2D eigenvalue weighted by atomic mass is 16.5. The number of aliphatic imine (C=N–C) groups is 1. The first-order chi connectivity index (χ1) is 27.9. The molecule has 2 saturated heterocycles. The summed E-state index contributed by atoms with van der Waals surface area (Å²) < 4.78 is 9.52. The SMILES string of the molecule is COC(=O)N[C@H](C(=O)N1CCC[C@H]1C1=NC=C(c2ccc(-c3cnc4cc(-c5cnc([C@@H]6CCCN6C(=O)[C@@H](NC(=O)OC)C(C)C)[nH]5)ccc4n3)nc2)C1)C(C)C. The maximum atomic E-state index is 13.6. The lowest BCUT2D eigenvalue weighted by Crippen LogP contribution is -2.53. The van der Waals surface area contributed by atoms with Crippen molar-refractivity contribution in [2.45, 2.75) is 84.0 Å². The minimum absolute atomic E-state index is 0.101. The van der Waals surface area contributed by atoms with Gasteiger partial charge in [-0.2, -0.15) is 0 Å². The topological polar surface area (TPSA) is 197 Å². The van der Waals surface area contributed by atoms with Crippen molar-refractivity contribution in [3.63, 3.8) is 0 Å². The average molecular weight is 791 g/mol. The van der Waals surface area contributed by atoms with Crippen LogP contribution in [0.15, 0.2) is 60.1 Å². The Morgan fingerprint density at radius 1 is 0.741 bits per heavy atom. The number of alkyl carbamates (subject to hydrolysis) is 2. The van der Waals surface area contributed by atoms with E-state index in [1.54, 1.807) is 17.3 Å². The van der Waals surface area contributed by atoms with Gasteiger partial charge in [0.1, 0.15) is 23.6 Å². The number of aromatic amines is 1. The number of nitrogens with zero attached hydrogens (tertiary/aromatic N) is 7. The number of ether oxygens (including phenoxy) is 2. The van der Waals surface area contributed by atoms with Crippen molar-refractivity contribution in [3.8, 4) is 22.6 Å². The number of aromatic nitrogens is 5. The van der Waals surface area contributed by atoms with Crippen molar-refractivity contribution in [2.75, 3.05) is 27.3 Å². The molecule has 3 aliphatic rings. The number of fused-ring (bicyclic) bond motifs is 1. The number of nitrogens with one attached hydrogen (secondary N) is 3. The van der Waals surface area contributed by atoms with Gasteiger partial charge in [-0.05, 0) is 66.9 Å². The Labute approximate surface area is 336 Å². The lowest BCUT2D eigenvalue weighted by molar-refractivity contribution is -0.135. The number of amides is 4. The number of methoxy groups -OCH3 is 2. The summed E-state index contributed by atoms with van der Waals surface area (Å²) in [5.74, 6) is 0.187. The molecule has 4 atom stereocenters. The number of benzene rings is 1. The summed E-state index contributed by atoms with van der Waals surface area (Å²) in [4.78, 5) is 81.8. The Morgan fingerprint density at radius 3 is 2.00 bits per heavy atom. The molecule has 1 aromatic carbocycles. The molecule has 0 spiro atoms. The predicted octanol–water partition coefficient (Wildman–Crippen LogP) is 5.68. The lowest BCUT2D eigenvalue weighted by Gasteiger charge is -2.31. The number of hydrogen-bond donors (Lipinski definition) is 3. The van der Waals surface area contributed by atoms with Gasteiger partial charge >= 0.3 is 12.2 Å². The van der Waals surface area contributed by atoms with Crippen molar-refractivity contribution in [2.24, 2.45) is 16.8 Å². The number of H-pyrrole nitrogens is 1. The van der Waals surface area contributed by atoms with Crippen LogP contribution in [0.3, 0.4) is 0 Å². The summed E-state index contributed by atoms with van der Waals surface area (Å²) in [6.07, 6.45) is 9.76. The van der Waals surface area contributed by atoms with Gasteiger partial charge in [0.25, 0.3) is 0 Å². The number of hydrogen-bond acceptors (Lipinski definition) is 11. The maximum Gasteiger partial charge on any atom is 0.407 e. The van der Waals surface area contributed by atoms with Crippen LogP contribution >= 0.6 is 0 Å². The summed E-state index contributed by atoms with van der Waals surface area (Å²) in [5, 5.41) is 5.39. The van der Waals surface area contributed by atoms with Gasteiger partial charge in [-0.1, -0.05) is 39.8 Å². The predicted molar refractivity (Wildman–Crippen MR) is 217 cm³/mol. The van der Waals surface area contributed by atoms with E-state index in [4.69, 9.17) is 29.4 Å². The van der Waals surface area contributed by atoms with Crippen molar-refractivity contribution in [3.05, 3.63) is 66.5 Å². The molecule has 4 aromatic rings. The van der Waals surface area contributed by atoms with Crippen LogP contribution in [0.1, 0.15) is 77.2 Å². The zero-order valence-electron chi connectivity index (χ0n) is 33.7. The molecule has 0 bridgehead atoms. The summed E-state index contributed by atoms with van der Waals surface area (Å²) in [5.41, 5.74) is 7.30. The molecule has 58 heavy (non-hydrogen) atoms. The standard InChI is InChI=1S/C42H50N10O6/c1-23(2)36(49-41(55)57-5)39(53)51-15-7-9-34(51)31-18-27(20-44-31)26-12-13-28(43-19-26)33-22-45-30-17-25(11-14-29(30)47-33)32-21-46-38(48-32)35-10-8-16-52(35)40(54)37(24(3)4)50-42(56)58-6/h11-14,17,19-24,34-37H,7-10,15-16,18H2,1-6H3,(H,46,48)(H,49,55)(H,50,56)/t34-,35-,36-,37-/m0/s1. The third-order valence-corrected chi connectivity index (χ3v) is 11.2. The molecule has 0 aliphatic carbocycles. The minimum atomic E-state index is -0.705. The van der Waals surface area contributed by atoms with Crippen LogP contribution in [0.4, 0.5) is 9.59 Å². The van der Waals surface area contributed by atoms with E-state index >= 15 is 0 Å². The van der Waals surface area contributed by atoms with Gasteiger partial charge in [0.05, 0.1) is 61.1 Å². The molecular formula is C42H50N10O6. The van der Waals surface area contributed by atoms with E-state index in [0.717, 1.165) is 53.8 Å². The quantitative estimate of drug-likeness (QED) is 0.170. The Hall–Kier alpha value is -6.19. The highest BCUT2D eigenvalue weighted by Crippen LogP contribution is 2.34. The largest absolute Gasteiger partial charge is 0.453 e. The van der Waals surface area contributed by atoms with Crippen molar-refractivity contribution in [1.29, 1.82) is 0 Å². The third-order valence-electron chi connectivity index (χ3n) is 11.2. The highest BCUT2D eigenvalue weighted by Gasteiger charge is 2.39. The maximum absolute atomic E-state index is 13.6. The van der Waals surface area contributed by atoms with E-state index in [2.05, 4.69) is 20.6 Å². The monoisotopic (exact) mass is 790 g/mol. The highest BCUT2D eigenvalue weighted by molar-refractivity contribution is 6.03. The average Bonchev–Trinajstić information content (AvgIpc) is 4.07. The van der Waals surface area contributed by atoms with E-state index in [1.165, 1.54) is 14.2 Å². The molecule has 4 amide bonds. The second-order valence-electron chi connectivity index (χ2n) is 15.6. The number of carbonyl (C=O) groups excluding carboxylic acids is 4. The smallest absolute Gasteiger partial charge is 0.407 e. The van der Waals surface area contributed by atoms with E-state index in [0.29, 0.717) is 47.8 Å². The molecule has 0 radical (unpaired) electrons. The van der Waals surface area contributed by atoms with Gasteiger partial charge in [0.2, 0.25) is 11.8 Å². The molecule has 16 heteroatoms. The number of likely N-dealkylation sites (tertiary alicyclic amines) is 2. The molecule has 3 aliphatic heterocycles. The van der Waals surface area contributed by atoms with Gasteiger partial charge in [-0.25, -0.2) is 19.6 Å². The van der Waals surface area contributed by atoms with Crippen LogP contribution in [0.25, 0.3) is 39.3 Å². The van der Waals surface area contributed by atoms with E-state index in [1.807, 2.05) is 75.3 Å². The number of imidazole rings is 1. The fourth-order valence-corrected chi connectivity index (χ4v) is 7.97. The van der Waals surface area contributed by atoms with Gasteiger partial charge in [0.15, 0.2) is 0 Å². The second-order valence-corrected chi connectivity index (χ2v) is 15.6. The van der Waals surface area contributed by atoms with Gasteiger partial charge < -0.3 is 34.9 Å². The molecule has 3 aromatic heterocycles. The first-order valence-corrected chi connectivity index (χ1v) is 19.8. The number of rotatable bonds is 11. The van der Waals surface area contributed by atoms with Crippen molar-refractivity contribution in [1.82, 2.24) is 45.4 Å². The zero-order chi connectivity index (χ0) is 41.1. The molecule has 0 unspecified atom stereocenters. The molecule has 3 N–H and O–H groups in total. The van der Waals surface area contributed by atoms with Crippen LogP contribution in [-0.4, -0.2) is 110 Å². The van der Waals surface area contributed by atoms with Crippen LogP contribution in [-0.2, 0) is 19.1 Å². The Bertz CT molecular complexity index is 2250. The molecule has 0 saturated carbocycles. The fraction of sp³-hybridized carbons (Fsp3) is 0.452. The number of carbonyl (C=O) groups is 4. The Balaban J connectivity index is 0.995. The molecule has 2 fully saturated rings. The van der Waals surface area contributed by atoms with Crippen LogP contribution < -0.4 is 10.6 Å². The Morgan fingerprint density at radius 2 is 1.38 bits per heavy atom. The molecule has 16 nitrogen and oxygen atoms in total. The molecular weight excluding hydrogens is 741 g/mol. The lowest BCUT2D eigenvalue weighted by atomic mass is 9.98. The van der Waals surface area contributed by atoms with Gasteiger partial charge in [0, 0.05) is 43.2 Å². The first kappa shape index (κ1) is 40.0. The molecule has 6 heterocycles. The van der Waals surface area contributed by atoms with E-state index < -0.39 is 24.3 Å². The molecule has 304 valence electrons. The summed E-state index contributed by atoms with van der Waals surface area (Å²) in [7, 11) is 2.57.